The maximum Gasteiger partial charge on any atom is 0.321 e. The van der Waals surface area contributed by atoms with Crippen LogP contribution in [0.1, 0.15) is 30.6 Å². The molecule has 0 radical (unpaired) electrons. The van der Waals surface area contributed by atoms with Gasteiger partial charge in [0.1, 0.15) is 17.4 Å². The molecule has 1 aliphatic carbocycles. The smallest absolute Gasteiger partial charge is 0.321 e. The van der Waals surface area contributed by atoms with Crippen LogP contribution in [-0.4, -0.2) is 39.7 Å². The van der Waals surface area contributed by atoms with Crippen LogP contribution in [0.3, 0.4) is 0 Å². The number of carboxylic acid groups (broad SMARTS) is 1. The van der Waals surface area contributed by atoms with Crippen molar-refractivity contribution in [3.63, 3.8) is 0 Å². The first kappa shape index (κ1) is 23.3. The Morgan fingerprint density at radius 2 is 1.76 bits per heavy atom. The van der Waals surface area contributed by atoms with Crippen LogP contribution in [0.25, 0.3) is 11.0 Å². The number of aliphatic carboxylic acids is 1. The number of sulfonamides is 2. The van der Waals surface area contributed by atoms with Gasteiger partial charge >= 0.3 is 5.97 Å². The van der Waals surface area contributed by atoms with Crippen molar-refractivity contribution in [1.29, 1.82) is 0 Å². The van der Waals surface area contributed by atoms with Gasteiger partial charge in [-0.3, -0.25) is 9.52 Å². The molecule has 3 N–H and O–H groups in total. The van der Waals surface area contributed by atoms with Crippen molar-refractivity contribution in [2.75, 3.05) is 10.5 Å². The van der Waals surface area contributed by atoms with Gasteiger partial charge < -0.3 is 9.52 Å². The molecule has 0 amide bonds. The normalized spacial score (nSPS) is 15.2. The number of carboxylic acids is 1. The monoisotopic (exact) mass is 492 g/mol. The van der Waals surface area contributed by atoms with E-state index in [4.69, 9.17) is 4.42 Å². The Bertz CT molecular complexity index is 1380. The van der Waals surface area contributed by atoms with E-state index < -0.39 is 44.2 Å². The minimum atomic E-state index is -4.23. The molecule has 1 aromatic heterocycles. The summed E-state index contributed by atoms with van der Waals surface area (Å²) in [5.74, 6) is -1.19. The van der Waals surface area contributed by atoms with Crippen molar-refractivity contribution in [3.05, 3.63) is 59.9 Å². The van der Waals surface area contributed by atoms with Crippen molar-refractivity contribution in [2.24, 2.45) is 0 Å². The van der Waals surface area contributed by atoms with Crippen molar-refractivity contribution in [3.8, 4) is 0 Å². The molecule has 33 heavy (non-hydrogen) atoms. The molecule has 1 heterocycles. The third-order valence-corrected chi connectivity index (χ3v) is 8.35. The van der Waals surface area contributed by atoms with Crippen LogP contribution in [-0.2, 0) is 37.7 Å². The first-order valence-electron chi connectivity index (χ1n) is 10.5. The number of carbonyl (C=O) groups is 1. The van der Waals surface area contributed by atoms with Gasteiger partial charge in [-0.1, -0.05) is 18.2 Å². The standard InChI is InChI=1S/C22H24N2O7S2/c25-22(26)19(12-13-32(27,28)23-15-6-2-1-3-7-15)24-33(29,30)16-10-11-18-17-8-4-5-9-20(17)31-21(18)14-16/h1-3,6-7,10-11,14,19,23-24H,4-5,8-9,12-13H2,(H,25,26)/t19-/m0/s1. The number of hydrogen-bond donors (Lipinski definition) is 3. The highest BCUT2D eigenvalue weighted by atomic mass is 32.2. The van der Waals surface area contributed by atoms with E-state index in [1.807, 2.05) is 0 Å². The van der Waals surface area contributed by atoms with Gasteiger partial charge in [-0.15, -0.1) is 0 Å². The van der Waals surface area contributed by atoms with E-state index >= 15 is 0 Å². The highest BCUT2D eigenvalue weighted by molar-refractivity contribution is 7.92. The van der Waals surface area contributed by atoms with Crippen LogP contribution in [0.4, 0.5) is 5.69 Å². The molecule has 4 rings (SSSR count). The molecule has 2 aromatic carbocycles. The third-order valence-electron chi connectivity index (χ3n) is 5.56. The number of rotatable bonds is 9. The number of para-hydroxylation sites is 1. The Morgan fingerprint density at radius 3 is 2.48 bits per heavy atom. The van der Waals surface area contributed by atoms with E-state index in [2.05, 4.69) is 9.44 Å². The Hall–Kier alpha value is -2.89. The zero-order chi connectivity index (χ0) is 23.6. The maximum atomic E-state index is 12.9. The fraction of sp³-hybridized carbons (Fsp3) is 0.318. The van der Waals surface area contributed by atoms with Crippen LogP contribution in [0.5, 0.6) is 0 Å². The first-order valence-corrected chi connectivity index (χ1v) is 13.6. The second-order valence-electron chi connectivity index (χ2n) is 7.96. The maximum absolute atomic E-state index is 12.9. The molecular formula is C22H24N2O7S2. The number of hydrogen-bond acceptors (Lipinski definition) is 6. The molecule has 1 atom stereocenters. The predicted molar refractivity (Wildman–Crippen MR) is 123 cm³/mol. The Kier molecular flexibility index (Phi) is 6.46. The van der Waals surface area contributed by atoms with Gasteiger partial charge in [-0.05, 0) is 49.9 Å². The molecule has 0 unspecified atom stereocenters. The van der Waals surface area contributed by atoms with Gasteiger partial charge in [0.15, 0.2) is 0 Å². The molecule has 0 saturated carbocycles. The van der Waals surface area contributed by atoms with Crippen molar-refractivity contribution in [2.45, 2.75) is 43.0 Å². The Labute approximate surface area is 191 Å². The lowest BCUT2D eigenvalue weighted by molar-refractivity contribution is -0.139. The lowest BCUT2D eigenvalue weighted by atomic mass is 9.96. The Morgan fingerprint density at radius 1 is 1.03 bits per heavy atom. The largest absolute Gasteiger partial charge is 0.480 e. The van der Waals surface area contributed by atoms with Gasteiger partial charge in [0.05, 0.1) is 10.6 Å². The predicted octanol–water partition coefficient (Wildman–Crippen LogP) is 2.88. The van der Waals surface area contributed by atoms with E-state index in [0.29, 0.717) is 11.3 Å². The second-order valence-corrected chi connectivity index (χ2v) is 11.5. The lowest BCUT2D eigenvalue weighted by Gasteiger charge is -2.15. The molecule has 0 fully saturated rings. The van der Waals surface area contributed by atoms with E-state index in [1.165, 1.54) is 12.1 Å². The lowest BCUT2D eigenvalue weighted by Crippen LogP contribution is -2.42. The van der Waals surface area contributed by atoms with Crippen molar-refractivity contribution in [1.82, 2.24) is 4.72 Å². The van der Waals surface area contributed by atoms with Gasteiger partial charge in [0.25, 0.3) is 0 Å². The second kappa shape index (κ2) is 9.16. The fourth-order valence-electron chi connectivity index (χ4n) is 3.91. The summed E-state index contributed by atoms with van der Waals surface area (Å²) in [6, 6.07) is 11.0. The average molecular weight is 493 g/mol. The summed E-state index contributed by atoms with van der Waals surface area (Å²) in [5.41, 5.74) is 1.86. The minimum absolute atomic E-state index is 0.141. The number of anilines is 1. The minimum Gasteiger partial charge on any atom is -0.480 e. The number of aryl methyl sites for hydroxylation is 2. The third kappa shape index (κ3) is 5.37. The summed E-state index contributed by atoms with van der Waals surface area (Å²) in [6.07, 6.45) is 3.29. The van der Waals surface area contributed by atoms with E-state index in [0.717, 1.165) is 42.4 Å². The summed E-state index contributed by atoms with van der Waals surface area (Å²) >= 11 is 0. The highest BCUT2D eigenvalue weighted by Crippen LogP contribution is 2.33. The van der Waals surface area contributed by atoms with Crippen LogP contribution < -0.4 is 9.44 Å². The molecule has 9 nitrogen and oxygen atoms in total. The molecule has 176 valence electrons. The zero-order valence-electron chi connectivity index (χ0n) is 17.7. The van der Waals surface area contributed by atoms with Gasteiger partial charge in [0, 0.05) is 29.1 Å². The quantitative estimate of drug-likeness (QED) is 0.417. The van der Waals surface area contributed by atoms with Gasteiger partial charge in [0.2, 0.25) is 20.0 Å². The number of nitrogens with one attached hydrogen (secondary N) is 2. The van der Waals surface area contributed by atoms with Crippen LogP contribution >= 0.6 is 0 Å². The van der Waals surface area contributed by atoms with Crippen LogP contribution in [0.15, 0.2) is 57.8 Å². The summed E-state index contributed by atoms with van der Waals surface area (Å²) in [6.45, 7) is 0. The molecule has 1 aliphatic rings. The summed E-state index contributed by atoms with van der Waals surface area (Å²) in [4.78, 5) is 11.5. The molecular weight excluding hydrogens is 468 g/mol. The molecule has 0 bridgehead atoms. The van der Waals surface area contributed by atoms with Crippen molar-refractivity contribution >= 4 is 42.7 Å². The zero-order valence-corrected chi connectivity index (χ0v) is 19.3. The highest BCUT2D eigenvalue weighted by Gasteiger charge is 2.28. The van der Waals surface area contributed by atoms with E-state index in [1.54, 1.807) is 36.4 Å². The fourth-order valence-corrected chi connectivity index (χ4v) is 6.29. The Balaban J connectivity index is 1.49. The van der Waals surface area contributed by atoms with Crippen molar-refractivity contribution < 1.29 is 31.2 Å². The number of fused-ring (bicyclic) bond motifs is 3. The van der Waals surface area contributed by atoms with E-state index in [9.17, 15) is 26.7 Å². The average Bonchev–Trinajstić information content (AvgIpc) is 3.15. The summed E-state index contributed by atoms with van der Waals surface area (Å²) < 4.78 is 60.6. The summed E-state index contributed by atoms with van der Waals surface area (Å²) in [7, 11) is -8.11. The molecule has 0 saturated heterocycles. The molecule has 0 spiro atoms. The summed E-state index contributed by atoms with van der Waals surface area (Å²) in [5, 5.41) is 10.3. The van der Waals surface area contributed by atoms with E-state index in [-0.39, 0.29) is 4.90 Å². The SMILES string of the molecule is O=C(O)[C@H](CCS(=O)(=O)Nc1ccccc1)NS(=O)(=O)c1ccc2c3c(oc2c1)CCCC3. The molecule has 3 aromatic rings. The van der Waals surface area contributed by atoms with Gasteiger partial charge in [-0.2, -0.15) is 4.72 Å². The van der Waals surface area contributed by atoms with Crippen LogP contribution in [0.2, 0.25) is 0 Å². The first-order chi connectivity index (χ1) is 15.6. The molecule has 11 heteroatoms. The topological polar surface area (TPSA) is 143 Å². The number of benzene rings is 2. The molecule has 0 aliphatic heterocycles. The van der Waals surface area contributed by atoms with Crippen LogP contribution in [0, 0.1) is 0 Å². The van der Waals surface area contributed by atoms with Gasteiger partial charge in [-0.25, -0.2) is 16.8 Å². The number of furan rings is 1.